The number of aliphatic hydroxyl groups is 1. The fraction of sp³-hybridized carbons (Fsp3) is 0.933. The third kappa shape index (κ3) is 24.1. The van der Waals surface area contributed by atoms with Gasteiger partial charge in [0.15, 0.2) is 5.78 Å². The molecule has 19 heavy (non-hydrogen) atoms. The molecule has 0 bridgehead atoms. The molecule has 0 aliphatic rings. The first-order valence-electron chi connectivity index (χ1n) is 8.07. The van der Waals surface area contributed by atoms with Crippen molar-refractivity contribution in [3.8, 4) is 0 Å². The van der Waals surface area contributed by atoms with E-state index < -0.39 is 0 Å². The maximum Gasteiger partial charge on any atom is 0.261 e. The van der Waals surface area contributed by atoms with Gasteiger partial charge in [0.1, 0.15) is 6.61 Å². The van der Waals surface area contributed by atoms with Gasteiger partial charge in [0, 0.05) is 0 Å². The molecule has 1 N–H and O–H groups in total. The summed E-state index contributed by atoms with van der Waals surface area (Å²) in [6.45, 7) is 14.9. The second-order valence-corrected chi connectivity index (χ2v) is 13.4. The molecule has 2 nitrogen and oxygen atoms in total. The Bertz CT molecular complexity index is 145. The van der Waals surface area contributed by atoms with Gasteiger partial charge >= 0.3 is 0 Å². The SMILES string of the molecule is CC(=O)CO.C[CH2][Al]([CH2]C)[CH2]C.C[CH2][Al]([CH2]C)[CH2]C. The van der Waals surface area contributed by atoms with Crippen LogP contribution in [-0.2, 0) is 4.79 Å². The maximum atomic E-state index is 9.56. The molecule has 0 aliphatic carbocycles. The highest BCUT2D eigenvalue weighted by atomic mass is 27.2. The van der Waals surface area contributed by atoms with Gasteiger partial charge in [0.25, 0.3) is 28.3 Å². The fourth-order valence-corrected chi connectivity index (χ4v) is 5.20. The number of aliphatic hydroxyl groups excluding tert-OH is 1. The first kappa shape index (κ1) is 24.7. The highest BCUT2D eigenvalue weighted by molar-refractivity contribution is 6.58. The predicted molar refractivity (Wildman–Crippen MR) is 92.2 cm³/mol. The fourth-order valence-electron chi connectivity index (χ4n) is 1.73. The molecule has 0 spiro atoms. The van der Waals surface area contributed by atoms with Crippen LogP contribution in [0, 0.1) is 0 Å². The lowest BCUT2D eigenvalue weighted by Crippen LogP contribution is -2.04. The van der Waals surface area contributed by atoms with Crippen LogP contribution in [0.5, 0.6) is 0 Å². The summed E-state index contributed by atoms with van der Waals surface area (Å²) in [6.07, 6.45) is 0. The Kier molecular flexibility index (Phi) is 27.3. The van der Waals surface area contributed by atoms with E-state index in [1.165, 1.54) is 38.6 Å². The lowest BCUT2D eigenvalue weighted by molar-refractivity contribution is -0.119. The Hall–Kier alpha value is 0.695. The van der Waals surface area contributed by atoms with E-state index in [4.69, 9.17) is 5.11 Å². The number of ketones is 1. The van der Waals surface area contributed by atoms with Gasteiger partial charge in [-0.25, -0.2) is 0 Å². The molecule has 0 amide bonds. The van der Waals surface area contributed by atoms with E-state index in [2.05, 4.69) is 41.5 Å². The van der Waals surface area contributed by atoms with Gasteiger partial charge in [0.05, 0.1) is 0 Å². The Morgan fingerprint density at radius 2 is 0.895 bits per heavy atom. The van der Waals surface area contributed by atoms with Crippen molar-refractivity contribution < 1.29 is 9.90 Å². The van der Waals surface area contributed by atoms with Crippen molar-refractivity contribution in [2.75, 3.05) is 6.61 Å². The van der Waals surface area contributed by atoms with Crippen LogP contribution in [0.3, 0.4) is 0 Å². The summed E-state index contributed by atoms with van der Waals surface area (Å²) in [6, 6.07) is 0. The molecule has 0 rings (SSSR count). The highest BCUT2D eigenvalue weighted by Crippen LogP contribution is 2.02. The number of Topliss-reactive ketones (excluding diaryl/α,β-unsaturated/α-hetero) is 1. The van der Waals surface area contributed by atoms with E-state index in [0.29, 0.717) is 0 Å². The van der Waals surface area contributed by atoms with E-state index in [-0.39, 0.29) is 40.7 Å². The van der Waals surface area contributed by atoms with Crippen molar-refractivity contribution in [2.45, 2.75) is 80.2 Å². The predicted octanol–water partition coefficient (Wildman–Crippen LogP) is 4.65. The number of hydrogen-bond acceptors (Lipinski definition) is 2. The topological polar surface area (TPSA) is 37.3 Å². The van der Waals surface area contributed by atoms with Gasteiger partial charge < -0.3 is 5.11 Å². The summed E-state index contributed by atoms with van der Waals surface area (Å²) >= 11 is -0.343. The third-order valence-electron chi connectivity index (χ3n) is 3.69. The normalized spacial score (nSPS) is 8.63. The average Bonchev–Trinajstić information content (AvgIpc) is 2.44. The smallest absolute Gasteiger partial charge is 0.261 e. The van der Waals surface area contributed by atoms with E-state index >= 15 is 0 Å². The van der Waals surface area contributed by atoms with Crippen molar-refractivity contribution in [2.24, 2.45) is 0 Å². The van der Waals surface area contributed by atoms with Crippen molar-refractivity contribution >= 4 is 34.1 Å². The molecule has 0 aliphatic heterocycles. The Morgan fingerprint density at radius 3 is 0.895 bits per heavy atom. The number of carbonyl (C=O) groups excluding carboxylic acids is 1. The van der Waals surface area contributed by atoms with E-state index in [1.54, 1.807) is 0 Å². The van der Waals surface area contributed by atoms with Crippen LogP contribution in [-0.4, -0.2) is 45.8 Å². The van der Waals surface area contributed by atoms with Gasteiger partial charge in [0.2, 0.25) is 0 Å². The Morgan fingerprint density at radius 1 is 0.737 bits per heavy atom. The number of carbonyl (C=O) groups is 1. The Balaban J connectivity index is -0.000000206. The molecule has 0 atom stereocenters. The molecule has 0 aromatic heterocycles. The first-order chi connectivity index (χ1) is 8.96. The first-order valence-corrected chi connectivity index (χ1v) is 13.0. The summed E-state index contributed by atoms with van der Waals surface area (Å²) in [5.41, 5.74) is 0. The molecule has 0 fully saturated rings. The number of rotatable bonds is 7. The summed E-state index contributed by atoms with van der Waals surface area (Å²) < 4.78 is 0. The van der Waals surface area contributed by atoms with Gasteiger partial charge in [-0.15, -0.1) is 0 Å². The molecular formula is C15H36Al2O2. The zero-order valence-electron chi connectivity index (χ0n) is 14.5. The molecule has 0 radical (unpaired) electrons. The minimum Gasteiger partial charge on any atom is -0.389 e. The summed E-state index contributed by atoms with van der Waals surface area (Å²) in [5.74, 6) is -0.190. The van der Waals surface area contributed by atoms with Crippen molar-refractivity contribution in [3.63, 3.8) is 0 Å². The molecule has 0 unspecified atom stereocenters. The second kappa shape index (κ2) is 21.0. The van der Waals surface area contributed by atoms with Gasteiger partial charge in [-0.1, -0.05) is 73.2 Å². The summed E-state index contributed by atoms with van der Waals surface area (Å²) in [7, 11) is 0. The molecule has 0 aromatic rings. The van der Waals surface area contributed by atoms with Crippen LogP contribution in [0.1, 0.15) is 48.5 Å². The van der Waals surface area contributed by atoms with Crippen molar-refractivity contribution in [1.82, 2.24) is 0 Å². The van der Waals surface area contributed by atoms with Crippen LogP contribution < -0.4 is 0 Å². The largest absolute Gasteiger partial charge is 0.389 e. The van der Waals surface area contributed by atoms with Crippen LogP contribution in [0.4, 0.5) is 0 Å². The molecule has 0 saturated heterocycles. The molecule has 0 saturated carbocycles. The molecular weight excluding hydrogens is 266 g/mol. The van der Waals surface area contributed by atoms with Crippen molar-refractivity contribution in [3.05, 3.63) is 0 Å². The maximum absolute atomic E-state index is 9.56. The third-order valence-corrected chi connectivity index (χ3v) is 10.6. The minimum atomic E-state index is -0.333. The standard InChI is InChI=1S/C3H6O2.6C2H5.2Al/c1-3(5)2-4;6*1-2;;/h4H,2H2,1H3;6*1H2,2H3;;. The van der Waals surface area contributed by atoms with Crippen LogP contribution in [0.2, 0.25) is 31.7 Å². The van der Waals surface area contributed by atoms with E-state index in [9.17, 15) is 4.79 Å². The van der Waals surface area contributed by atoms with Crippen LogP contribution >= 0.6 is 0 Å². The summed E-state index contributed by atoms with van der Waals surface area (Å²) in [4.78, 5) is 9.56. The lowest BCUT2D eigenvalue weighted by atomic mass is 10.5. The zero-order valence-corrected chi connectivity index (χ0v) is 16.8. The van der Waals surface area contributed by atoms with Crippen LogP contribution in [0.15, 0.2) is 0 Å². The molecule has 4 heteroatoms. The minimum absolute atomic E-state index is 0.171. The van der Waals surface area contributed by atoms with Gasteiger partial charge in [-0.2, -0.15) is 0 Å². The van der Waals surface area contributed by atoms with Crippen LogP contribution in [0.25, 0.3) is 0 Å². The highest BCUT2D eigenvalue weighted by Gasteiger charge is 2.06. The lowest BCUT2D eigenvalue weighted by Gasteiger charge is -1.97. The molecule has 0 aromatic carbocycles. The molecule has 0 heterocycles. The second-order valence-electron chi connectivity index (χ2n) is 5.04. The van der Waals surface area contributed by atoms with Gasteiger partial charge in [-0.05, 0) is 6.92 Å². The Labute approximate surface area is 130 Å². The number of hydrogen-bond donors (Lipinski definition) is 1. The zero-order chi connectivity index (χ0) is 15.7. The van der Waals surface area contributed by atoms with E-state index in [1.807, 2.05) is 0 Å². The van der Waals surface area contributed by atoms with Crippen molar-refractivity contribution in [1.29, 1.82) is 0 Å². The average molecular weight is 302 g/mol. The quantitative estimate of drug-likeness (QED) is 0.695. The summed E-state index contributed by atoms with van der Waals surface area (Å²) in [5, 5.41) is 16.8. The van der Waals surface area contributed by atoms with Gasteiger partial charge in [-0.3, -0.25) is 4.79 Å². The van der Waals surface area contributed by atoms with E-state index in [0.717, 1.165) is 0 Å². The molecule has 114 valence electrons. The monoisotopic (exact) mass is 302 g/mol.